The number of carbonyl (C=O) groups excluding carboxylic acids is 2. The van der Waals surface area contributed by atoms with Crippen molar-refractivity contribution in [3.8, 4) is 0 Å². The predicted molar refractivity (Wildman–Crippen MR) is 134 cm³/mol. The van der Waals surface area contributed by atoms with Crippen LogP contribution in [0.5, 0.6) is 0 Å². The molecule has 6 atom stereocenters. The van der Waals surface area contributed by atoms with Gasteiger partial charge in [-0.2, -0.15) is 5.10 Å². The second-order valence-electron chi connectivity index (χ2n) is 9.39. The standard InChI is InChI=1S/C27H18Cl2FN3O3/c28-17-8-4-7-16(21(17)29)22-20-23(33(31-22)15-5-2-1-3-6-15)25-19-18(24(20)36-25)26(34)32(27(19)35)14-11-9-13(30)10-12-14/h1-12,18-20,23-25H/t18-,19+,20-,23+,24+,25-/m0/s1. The van der Waals surface area contributed by atoms with E-state index in [2.05, 4.69) is 0 Å². The van der Waals surface area contributed by atoms with Gasteiger partial charge in [-0.3, -0.25) is 14.6 Å². The molecule has 0 aliphatic carbocycles. The number of rotatable bonds is 3. The molecule has 3 aromatic carbocycles. The normalized spacial score (nSPS) is 30.1. The molecule has 3 fully saturated rings. The van der Waals surface area contributed by atoms with Crippen LogP contribution in [0.25, 0.3) is 0 Å². The zero-order valence-electron chi connectivity index (χ0n) is 18.6. The third-order valence-corrected chi connectivity index (χ3v) is 8.44. The summed E-state index contributed by atoms with van der Waals surface area (Å²) in [5.74, 6) is -2.70. The van der Waals surface area contributed by atoms with Crippen molar-refractivity contribution in [2.75, 3.05) is 9.91 Å². The lowest BCUT2D eigenvalue weighted by atomic mass is 9.70. The van der Waals surface area contributed by atoms with E-state index in [-0.39, 0.29) is 23.8 Å². The molecule has 7 rings (SSSR count). The van der Waals surface area contributed by atoms with Crippen molar-refractivity contribution in [3.05, 3.63) is 94.2 Å². The Bertz CT molecular complexity index is 1450. The maximum atomic E-state index is 13.6. The van der Waals surface area contributed by atoms with E-state index in [0.717, 1.165) is 5.69 Å². The van der Waals surface area contributed by atoms with Gasteiger partial charge in [-0.25, -0.2) is 9.29 Å². The number of nitrogens with zero attached hydrogens (tertiary/aromatic N) is 3. The maximum absolute atomic E-state index is 13.6. The number of hydrazone groups is 1. The SMILES string of the molecule is O=C1[C@@H]2[C@H]3O[C@@H]([C@@H]2C(=O)N1c1ccc(F)cc1)[C@H]1[C@@H]3C(c2cccc(Cl)c2Cl)=NN1c1ccccc1. The molecule has 9 heteroatoms. The van der Waals surface area contributed by atoms with Crippen LogP contribution in [0.1, 0.15) is 5.56 Å². The highest BCUT2D eigenvalue weighted by Crippen LogP contribution is 2.56. The zero-order chi connectivity index (χ0) is 24.7. The Morgan fingerprint density at radius 1 is 0.778 bits per heavy atom. The van der Waals surface area contributed by atoms with Gasteiger partial charge in [0.05, 0.1) is 63.1 Å². The molecule has 36 heavy (non-hydrogen) atoms. The van der Waals surface area contributed by atoms with Crippen LogP contribution >= 0.6 is 23.2 Å². The first kappa shape index (κ1) is 22.0. The van der Waals surface area contributed by atoms with Crippen LogP contribution in [-0.2, 0) is 14.3 Å². The summed E-state index contributed by atoms with van der Waals surface area (Å²) in [5.41, 5.74) is 2.57. The summed E-state index contributed by atoms with van der Waals surface area (Å²) in [4.78, 5) is 28.4. The quantitative estimate of drug-likeness (QED) is 0.458. The van der Waals surface area contributed by atoms with Gasteiger partial charge >= 0.3 is 0 Å². The summed E-state index contributed by atoms with van der Waals surface area (Å²) in [6.07, 6.45) is -1.11. The van der Waals surface area contributed by atoms with Crippen molar-refractivity contribution in [1.82, 2.24) is 0 Å². The molecule has 0 N–H and O–H groups in total. The minimum Gasteiger partial charge on any atom is -0.370 e. The van der Waals surface area contributed by atoms with Gasteiger partial charge in [-0.1, -0.05) is 53.5 Å². The van der Waals surface area contributed by atoms with E-state index >= 15 is 0 Å². The first-order valence-corrected chi connectivity index (χ1v) is 12.4. The molecule has 2 bridgehead atoms. The van der Waals surface area contributed by atoms with E-state index in [9.17, 15) is 14.0 Å². The molecule has 4 aliphatic rings. The topological polar surface area (TPSA) is 62.2 Å². The first-order chi connectivity index (χ1) is 17.5. The van der Waals surface area contributed by atoms with Crippen molar-refractivity contribution < 1.29 is 18.7 Å². The van der Waals surface area contributed by atoms with Crippen molar-refractivity contribution in [1.29, 1.82) is 0 Å². The molecule has 0 radical (unpaired) electrons. The van der Waals surface area contributed by atoms with Gasteiger partial charge < -0.3 is 4.74 Å². The number of ether oxygens (including phenoxy) is 1. The highest BCUT2D eigenvalue weighted by molar-refractivity contribution is 6.44. The minimum atomic E-state index is -0.660. The summed E-state index contributed by atoms with van der Waals surface area (Å²) in [6, 6.07) is 20.1. The van der Waals surface area contributed by atoms with Crippen LogP contribution in [0.15, 0.2) is 77.9 Å². The van der Waals surface area contributed by atoms with Gasteiger partial charge in [-0.05, 0) is 42.5 Å². The number of para-hydroxylation sites is 1. The van der Waals surface area contributed by atoms with Crippen molar-refractivity contribution in [3.63, 3.8) is 0 Å². The van der Waals surface area contributed by atoms with E-state index in [0.29, 0.717) is 27.0 Å². The molecule has 4 aliphatic heterocycles. The average molecular weight is 522 g/mol. The molecular weight excluding hydrogens is 504 g/mol. The smallest absolute Gasteiger partial charge is 0.240 e. The first-order valence-electron chi connectivity index (χ1n) is 11.6. The van der Waals surface area contributed by atoms with Crippen LogP contribution in [0.4, 0.5) is 15.8 Å². The Hall–Kier alpha value is -3.26. The fourth-order valence-electron chi connectivity index (χ4n) is 6.20. The van der Waals surface area contributed by atoms with E-state index in [1.165, 1.54) is 29.2 Å². The number of hydrogen-bond acceptors (Lipinski definition) is 5. The molecular formula is C27H18Cl2FN3O3. The Labute approximate surface area is 215 Å². The molecule has 3 saturated heterocycles. The molecule has 0 spiro atoms. The molecule has 0 saturated carbocycles. The van der Waals surface area contributed by atoms with Gasteiger partial charge in [0.25, 0.3) is 0 Å². The zero-order valence-corrected chi connectivity index (χ0v) is 20.1. The average Bonchev–Trinajstić information content (AvgIpc) is 3.62. The summed E-state index contributed by atoms with van der Waals surface area (Å²) in [5, 5.41) is 7.64. The highest BCUT2D eigenvalue weighted by Gasteiger charge is 2.72. The van der Waals surface area contributed by atoms with E-state index in [4.69, 9.17) is 33.0 Å². The van der Waals surface area contributed by atoms with Gasteiger partial charge in [0, 0.05) is 5.56 Å². The maximum Gasteiger partial charge on any atom is 0.240 e. The largest absolute Gasteiger partial charge is 0.370 e. The second-order valence-corrected chi connectivity index (χ2v) is 10.2. The van der Waals surface area contributed by atoms with Gasteiger partial charge in [0.2, 0.25) is 11.8 Å². The number of fused-ring (bicyclic) bond motifs is 8. The third-order valence-electron chi connectivity index (χ3n) is 7.63. The summed E-state index contributed by atoms with van der Waals surface area (Å²) >= 11 is 12.9. The van der Waals surface area contributed by atoms with Crippen LogP contribution in [-0.4, -0.2) is 35.8 Å². The lowest BCUT2D eigenvalue weighted by molar-refractivity contribution is -0.125. The lowest BCUT2D eigenvalue weighted by Gasteiger charge is -2.32. The monoisotopic (exact) mass is 521 g/mol. The van der Waals surface area contributed by atoms with Crippen LogP contribution in [0, 0.1) is 23.6 Å². The van der Waals surface area contributed by atoms with Gasteiger partial charge in [0.15, 0.2) is 0 Å². The second kappa shape index (κ2) is 7.87. The summed E-state index contributed by atoms with van der Waals surface area (Å²) in [6.45, 7) is 0. The van der Waals surface area contributed by atoms with Crippen LogP contribution in [0.2, 0.25) is 10.0 Å². The van der Waals surface area contributed by atoms with E-state index in [1.54, 1.807) is 6.07 Å². The number of carbonyl (C=O) groups is 2. The fourth-order valence-corrected chi connectivity index (χ4v) is 6.60. The Morgan fingerprint density at radius 3 is 2.19 bits per heavy atom. The van der Waals surface area contributed by atoms with E-state index in [1.807, 2.05) is 47.5 Å². The molecule has 4 heterocycles. The third kappa shape index (κ3) is 2.91. The Balaban J connectivity index is 1.34. The van der Waals surface area contributed by atoms with Crippen LogP contribution < -0.4 is 9.91 Å². The van der Waals surface area contributed by atoms with Crippen molar-refractivity contribution in [2.24, 2.45) is 22.9 Å². The molecule has 6 nitrogen and oxygen atoms in total. The number of halogens is 3. The predicted octanol–water partition coefficient (Wildman–Crippen LogP) is 4.93. The van der Waals surface area contributed by atoms with Gasteiger partial charge in [-0.15, -0.1) is 0 Å². The fraction of sp³-hybridized carbons (Fsp3) is 0.222. The molecule has 0 aromatic heterocycles. The minimum absolute atomic E-state index is 0.294. The molecule has 180 valence electrons. The van der Waals surface area contributed by atoms with Crippen LogP contribution in [0.3, 0.4) is 0 Å². The Morgan fingerprint density at radius 2 is 1.47 bits per heavy atom. The van der Waals surface area contributed by atoms with Gasteiger partial charge in [0.1, 0.15) is 5.82 Å². The number of hydrogen-bond donors (Lipinski definition) is 0. The number of anilines is 2. The Kier molecular flexibility index (Phi) is 4.80. The summed E-state index contributed by atoms with van der Waals surface area (Å²) < 4.78 is 19.9. The molecule has 3 aromatic rings. The molecule has 2 amide bonds. The lowest BCUT2D eigenvalue weighted by Crippen LogP contribution is -2.50. The number of amides is 2. The number of benzene rings is 3. The molecule has 0 unspecified atom stereocenters. The number of imide groups is 1. The van der Waals surface area contributed by atoms with Crippen molar-refractivity contribution >= 4 is 52.1 Å². The highest BCUT2D eigenvalue weighted by atomic mass is 35.5. The van der Waals surface area contributed by atoms with E-state index < -0.39 is 29.9 Å². The summed E-state index contributed by atoms with van der Waals surface area (Å²) in [7, 11) is 0. The van der Waals surface area contributed by atoms with Crippen molar-refractivity contribution in [2.45, 2.75) is 18.2 Å².